The van der Waals surface area contributed by atoms with Gasteiger partial charge in [-0.25, -0.2) is 9.97 Å². The molecule has 3 rings (SSSR count). The highest BCUT2D eigenvalue weighted by Gasteiger charge is 2.12. The maximum Gasteiger partial charge on any atom is 0.274 e. The number of hydrogen-bond acceptors (Lipinski definition) is 5. The van der Waals surface area contributed by atoms with Gasteiger partial charge in [-0.1, -0.05) is 17.7 Å². The van der Waals surface area contributed by atoms with Gasteiger partial charge in [0.05, 0.1) is 6.61 Å². The van der Waals surface area contributed by atoms with E-state index in [9.17, 15) is 4.79 Å². The Morgan fingerprint density at radius 3 is 2.43 bits per heavy atom. The number of anilines is 3. The van der Waals surface area contributed by atoms with Crippen molar-refractivity contribution < 1.29 is 9.53 Å². The predicted molar refractivity (Wildman–Crippen MR) is 112 cm³/mol. The van der Waals surface area contributed by atoms with Gasteiger partial charge in [0.2, 0.25) is 5.95 Å². The highest BCUT2D eigenvalue weighted by atomic mass is 16.5. The molecule has 0 aliphatic rings. The molecule has 0 saturated carbocycles. The molecule has 1 amide bonds. The Balaban J connectivity index is 1.77. The second kappa shape index (κ2) is 8.52. The first-order valence-electron chi connectivity index (χ1n) is 9.19. The molecule has 1 heterocycles. The molecule has 0 saturated heterocycles. The molecule has 0 atom stereocenters. The Hall–Kier alpha value is -3.41. The summed E-state index contributed by atoms with van der Waals surface area (Å²) in [5, 5.41) is 6.05. The van der Waals surface area contributed by atoms with Crippen molar-refractivity contribution in [2.75, 3.05) is 17.2 Å². The van der Waals surface area contributed by atoms with Crippen molar-refractivity contribution in [2.45, 2.75) is 27.7 Å². The summed E-state index contributed by atoms with van der Waals surface area (Å²) in [5.74, 6) is 0.897. The number of ether oxygens (including phenoxy) is 1. The molecule has 0 aliphatic carbocycles. The molecule has 2 aromatic carbocycles. The summed E-state index contributed by atoms with van der Waals surface area (Å²) < 4.78 is 5.44. The van der Waals surface area contributed by atoms with Gasteiger partial charge < -0.3 is 15.4 Å². The van der Waals surface area contributed by atoms with Crippen LogP contribution < -0.4 is 15.4 Å². The van der Waals surface area contributed by atoms with Crippen LogP contribution in [0.4, 0.5) is 17.3 Å². The van der Waals surface area contributed by atoms with Crippen molar-refractivity contribution in [1.82, 2.24) is 9.97 Å². The Morgan fingerprint density at radius 2 is 1.75 bits per heavy atom. The topological polar surface area (TPSA) is 76.1 Å². The number of carbonyl (C=O) groups is 1. The third-order valence-electron chi connectivity index (χ3n) is 4.14. The van der Waals surface area contributed by atoms with E-state index in [-0.39, 0.29) is 5.91 Å². The van der Waals surface area contributed by atoms with Crippen LogP contribution in [0, 0.1) is 20.8 Å². The molecule has 3 aromatic rings. The summed E-state index contributed by atoms with van der Waals surface area (Å²) in [6.45, 7) is 8.38. The maximum absolute atomic E-state index is 12.7. The standard InChI is InChI=1S/C22H24N4O2/c1-5-28-18-9-7-17(8-10-18)24-22-23-16(4)13-20(26-22)21(27)25-19-11-6-14(2)12-15(19)3/h6-13H,5H2,1-4H3,(H,25,27)(H,23,24,26). The summed E-state index contributed by atoms with van der Waals surface area (Å²) in [5.41, 5.74) is 4.75. The number of rotatable bonds is 6. The van der Waals surface area contributed by atoms with Gasteiger partial charge in [0.1, 0.15) is 11.4 Å². The van der Waals surface area contributed by atoms with Gasteiger partial charge in [-0.3, -0.25) is 4.79 Å². The largest absolute Gasteiger partial charge is 0.494 e. The fourth-order valence-electron chi connectivity index (χ4n) is 2.81. The molecule has 1 aromatic heterocycles. The fourth-order valence-corrected chi connectivity index (χ4v) is 2.81. The predicted octanol–water partition coefficient (Wildman–Crippen LogP) is 4.80. The number of hydrogen-bond donors (Lipinski definition) is 2. The van der Waals surface area contributed by atoms with Crippen LogP contribution >= 0.6 is 0 Å². The number of benzene rings is 2. The van der Waals surface area contributed by atoms with E-state index in [4.69, 9.17) is 4.74 Å². The third-order valence-corrected chi connectivity index (χ3v) is 4.14. The molecule has 0 bridgehead atoms. The normalized spacial score (nSPS) is 10.4. The molecule has 6 heteroatoms. The highest BCUT2D eigenvalue weighted by molar-refractivity contribution is 6.03. The average molecular weight is 376 g/mol. The van der Waals surface area contributed by atoms with Crippen molar-refractivity contribution in [2.24, 2.45) is 0 Å². The Bertz CT molecular complexity index is 984. The van der Waals surface area contributed by atoms with Gasteiger partial charge in [0, 0.05) is 17.1 Å². The lowest BCUT2D eigenvalue weighted by atomic mass is 10.1. The number of carbonyl (C=O) groups excluding carboxylic acids is 1. The number of amides is 1. The van der Waals surface area contributed by atoms with Crippen LogP contribution in [0.25, 0.3) is 0 Å². The van der Waals surface area contributed by atoms with E-state index in [1.165, 1.54) is 0 Å². The summed E-state index contributed by atoms with van der Waals surface area (Å²) in [7, 11) is 0. The minimum Gasteiger partial charge on any atom is -0.494 e. The lowest BCUT2D eigenvalue weighted by Crippen LogP contribution is -2.16. The van der Waals surface area contributed by atoms with Crippen molar-refractivity contribution in [3.8, 4) is 5.75 Å². The summed E-state index contributed by atoms with van der Waals surface area (Å²) >= 11 is 0. The van der Waals surface area contributed by atoms with E-state index in [0.29, 0.717) is 23.9 Å². The monoisotopic (exact) mass is 376 g/mol. The Labute approximate surface area is 165 Å². The first-order valence-corrected chi connectivity index (χ1v) is 9.19. The molecule has 0 unspecified atom stereocenters. The number of aromatic nitrogens is 2. The lowest BCUT2D eigenvalue weighted by molar-refractivity contribution is 0.102. The van der Waals surface area contributed by atoms with Crippen LogP contribution in [0.3, 0.4) is 0 Å². The third kappa shape index (κ3) is 4.85. The van der Waals surface area contributed by atoms with Crippen LogP contribution in [-0.2, 0) is 0 Å². The zero-order valence-corrected chi connectivity index (χ0v) is 16.5. The maximum atomic E-state index is 12.7. The quantitative estimate of drug-likeness (QED) is 0.646. The smallest absolute Gasteiger partial charge is 0.274 e. The molecule has 0 spiro atoms. The number of nitrogens with one attached hydrogen (secondary N) is 2. The minimum absolute atomic E-state index is 0.271. The number of aryl methyl sites for hydroxylation is 3. The zero-order chi connectivity index (χ0) is 20.1. The van der Waals surface area contributed by atoms with Crippen molar-refractivity contribution in [3.63, 3.8) is 0 Å². The van der Waals surface area contributed by atoms with Crippen LogP contribution in [0.15, 0.2) is 48.5 Å². The molecule has 28 heavy (non-hydrogen) atoms. The van der Waals surface area contributed by atoms with Gasteiger partial charge in [0.15, 0.2) is 0 Å². The average Bonchev–Trinajstić information content (AvgIpc) is 2.65. The second-order valence-electron chi connectivity index (χ2n) is 6.57. The summed E-state index contributed by atoms with van der Waals surface area (Å²) in [6, 6.07) is 15.1. The minimum atomic E-state index is -0.271. The van der Waals surface area contributed by atoms with E-state index in [2.05, 4.69) is 20.6 Å². The van der Waals surface area contributed by atoms with Gasteiger partial charge in [-0.15, -0.1) is 0 Å². The molecule has 0 fully saturated rings. The van der Waals surface area contributed by atoms with E-state index in [0.717, 1.165) is 28.3 Å². The Kier molecular flexibility index (Phi) is 5.89. The Morgan fingerprint density at radius 1 is 1.00 bits per heavy atom. The van der Waals surface area contributed by atoms with Gasteiger partial charge in [0.25, 0.3) is 5.91 Å². The highest BCUT2D eigenvalue weighted by Crippen LogP contribution is 2.20. The van der Waals surface area contributed by atoms with E-state index in [1.807, 2.05) is 70.2 Å². The SMILES string of the molecule is CCOc1ccc(Nc2nc(C)cc(C(=O)Nc3ccc(C)cc3C)n2)cc1. The van der Waals surface area contributed by atoms with Crippen LogP contribution in [-0.4, -0.2) is 22.5 Å². The molecule has 144 valence electrons. The van der Waals surface area contributed by atoms with Gasteiger partial charge in [-0.2, -0.15) is 0 Å². The molecular weight excluding hydrogens is 352 g/mol. The second-order valence-corrected chi connectivity index (χ2v) is 6.57. The molecule has 6 nitrogen and oxygen atoms in total. The van der Waals surface area contributed by atoms with Crippen LogP contribution in [0.1, 0.15) is 34.2 Å². The van der Waals surface area contributed by atoms with Crippen molar-refractivity contribution in [1.29, 1.82) is 0 Å². The van der Waals surface area contributed by atoms with Crippen LogP contribution in [0.5, 0.6) is 5.75 Å². The summed E-state index contributed by atoms with van der Waals surface area (Å²) in [4.78, 5) is 21.4. The van der Waals surface area contributed by atoms with Crippen LogP contribution in [0.2, 0.25) is 0 Å². The zero-order valence-electron chi connectivity index (χ0n) is 16.5. The molecule has 0 aliphatic heterocycles. The lowest BCUT2D eigenvalue weighted by Gasteiger charge is -2.11. The first kappa shape index (κ1) is 19.4. The molecular formula is C22H24N4O2. The van der Waals surface area contributed by atoms with Crippen molar-refractivity contribution >= 4 is 23.2 Å². The molecule has 2 N–H and O–H groups in total. The van der Waals surface area contributed by atoms with E-state index >= 15 is 0 Å². The van der Waals surface area contributed by atoms with Gasteiger partial charge in [-0.05, 0) is 69.7 Å². The first-order chi connectivity index (χ1) is 13.4. The van der Waals surface area contributed by atoms with E-state index in [1.54, 1.807) is 6.07 Å². The fraction of sp³-hybridized carbons (Fsp3) is 0.227. The number of nitrogens with zero attached hydrogens (tertiary/aromatic N) is 2. The van der Waals surface area contributed by atoms with Gasteiger partial charge >= 0.3 is 0 Å². The summed E-state index contributed by atoms with van der Waals surface area (Å²) in [6.07, 6.45) is 0. The van der Waals surface area contributed by atoms with Crippen molar-refractivity contribution in [3.05, 3.63) is 71.0 Å². The molecule has 0 radical (unpaired) electrons. The van der Waals surface area contributed by atoms with E-state index < -0.39 is 0 Å².